The summed E-state index contributed by atoms with van der Waals surface area (Å²) < 4.78 is 0. The molecule has 0 atom stereocenters. The van der Waals surface area contributed by atoms with Crippen LogP contribution in [-0.2, 0) is 5.41 Å². The second-order valence-corrected chi connectivity index (χ2v) is 7.93. The van der Waals surface area contributed by atoms with Crippen molar-refractivity contribution in [1.29, 1.82) is 0 Å². The maximum absolute atomic E-state index is 2.38. The molecule has 0 unspecified atom stereocenters. The van der Waals surface area contributed by atoms with E-state index in [-0.39, 0.29) is 5.41 Å². The summed E-state index contributed by atoms with van der Waals surface area (Å²) in [6, 6.07) is 9.24. The molecule has 0 spiro atoms. The second-order valence-electron chi connectivity index (χ2n) is 7.93. The molecular formula is C19H28. The third-order valence-electron chi connectivity index (χ3n) is 4.41. The SMILES string of the molecule is CC1=C(c2ccc(C(C)(C)C)cc2)CCC(C)(C)C1. The molecule has 2 rings (SSSR count). The van der Waals surface area contributed by atoms with Crippen molar-refractivity contribution in [2.45, 2.75) is 66.2 Å². The molecule has 1 aromatic carbocycles. The van der Waals surface area contributed by atoms with E-state index in [0.717, 1.165) is 0 Å². The van der Waals surface area contributed by atoms with E-state index in [1.165, 1.54) is 30.4 Å². The van der Waals surface area contributed by atoms with E-state index in [4.69, 9.17) is 0 Å². The minimum absolute atomic E-state index is 0.247. The fourth-order valence-electron chi connectivity index (χ4n) is 3.15. The molecule has 1 aliphatic carbocycles. The molecule has 0 heterocycles. The normalized spacial score (nSPS) is 19.7. The first kappa shape index (κ1) is 14.4. The van der Waals surface area contributed by atoms with Crippen LogP contribution in [0, 0.1) is 5.41 Å². The lowest BCUT2D eigenvalue weighted by Crippen LogP contribution is -2.17. The van der Waals surface area contributed by atoms with Crippen LogP contribution in [0.2, 0.25) is 0 Å². The number of rotatable bonds is 1. The van der Waals surface area contributed by atoms with Gasteiger partial charge in [-0.05, 0) is 53.7 Å². The summed E-state index contributed by atoms with van der Waals surface area (Å²) in [5.74, 6) is 0. The van der Waals surface area contributed by atoms with Crippen LogP contribution in [0.3, 0.4) is 0 Å². The molecule has 0 fully saturated rings. The Labute approximate surface area is 118 Å². The molecule has 1 aromatic rings. The van der Waals surface area contributed by atoms with E-state index >= 15 is 0 Å². The van der Waals surface area contributed by atoms with Gasteiger partial charge in [-0.2, -0.15) is 0 Å². The van der Waals surface area contributed by atoms with Gasteiger partial charge in [-0.15, -0.1) is 0 Å². The van der Waals surface area contributed by atoms with Crippen molar-refractivity contribution >= 4 is 5.57 Å². The van der Waals surface area contributed by atoms with Crippen LogP contribution in [0.1, 0.15) is 71.9 Å². The maximum atomic E-state index is 2.38. The van der Waals surface area contributed by atoms with Crippen molar-refractivity contribution < 1.29 is 0 Å². The zero-order valence-electron chi connectivity index (χ0n) is 13.4. The van der Waals surface area contributed by atoms with Crippen LogP contribution in [0.5, 0.6) is 0 Å². The Morgan fingerprint density at radius 1 is 1.00 bits per heavy atom. The third kappa shape index (κ3) is 3.29. The Morgan fingerprint density at radius 3 is 2.05 bits per heavy atom. The predicted octanol–water partition coefficient (Wildman–Crippen LogP) is 5.97. The van der Waals surface area contributed by atoms with Gasteiger partial charge in [0.2, 0.25) is 0 Å². The van der Waals surface area contributed by atoms with Crippen LogP contribution < -0.4 is 0 Å². The van der Waals surface area contributed by atoms with Gasteiger partial charge in [0, 0.05) is 0 Å². The van der Waals surface area contributed by atoms with Crippen LogP contribution in [0.25, 0.3) is 5.57 Å². The highest BCUT2D eigenvalue weighted by molar-refractivity contribution is 5.69. The fourth-order valence-corrected chi connectivity index (χ4v) is 3.15. The van der Waals surface area contributed by atoms with Crippen LogP contribution in [0.4, 0.5) is 0 Å². The van der Waals surface area contributed by atoms with Crippen molar-refractivity contribution in [2.24, 2.45) is 5.41 Å². The molecule has 0 aromatic heterocycles. The van der Waals surface area contributed by atoms with Gasteiger partial charge < -0.3 is 0 Å². The van der Waals surface area contributed by atoms with Crippen molar-refractivity contribution in [3.63, 3.8) is 0 Å². The van der Waals surface area contributed by atoms with Gasteiger partial charge in [0.15, 0.2) is 0 Å². The topological polar surface area (TPSA) is 0 Å². The first-order valence-corrected chi connectivity index (χ1v) is 7.49. The molecule has 0 bridgehead atoms. The van der Waals surface area contributed by atoms with E-state index in [1.807, 2.05) is 0 Å². The fraction of sp³-hybridized carbons (Fsp3) is 0.579. The Kier molecular flexibility index (Phi) is 3.64. The summed E-state index contributed by atoms with van der Waals surface area (Å²) in [5.41, 5.74) is 6.75. The van der Waals surface area contributed by atoms with Crippen molar-refractivity contribution in [1.82, 2.24) is 0 Å². The summed E-state index contributed by atoms with van der Waals surface area (Å²) in [6.45, 7) is 13.9. The summed E-state index contributed by atoms with van der Waals surface area (Å²) in [4.78, 5) is 0. The quantitative estimate of drug-likeness (QED) is 0.581. The lowest BCUT2D eigenvalue weighted by Gasteiger charge is -2.32. The van der Waals surface area contributed by atoms with E-state index < -0.39 is 0 Å². The molecule has 0 saturated carbocycles. The Hall–Kier alpha value is -1.04. The average Bonchev–Trinajstić information content (AvgIpc) is 2.27. The van der Waals surface area contributed by atoms with Crippen LogP contribution in [0.15, 0.2) is 29.8 Å². The van der Waals surface area contributed by atoms with Gasteiger partial charge in [0.25, 0.3) is 0 Å². The molecular weight excluding hydrogens is 228 g/mol. The molecule has 0 nitrogen and oxygen atoms in total. The maximum Gasteiger partial charge on any atom is -0.0132 e. The second kappa shape index (κ2) is 4.81. The molecule has 0 amide bonds. The van der Waals surface area contributed by atoms with Crippen molar-refractivity contribution in [3.05, 3.63) is 41.0 Å². The standard InChI is InChI=1S/C19H28/c1-14-13-19(5,6)12-11-17(14)15-7-9-16(10-8-15)18(2,3)4/h7-10H,11-13H2,1-6H3. The summed E-state index contributed by atoms with van der Waals surface area (Å²) in [7, 11) is 0. The summed E-state index contributed by atoms with van der Waals surface area (Å²) in [5, 5.41) is 0. The van der Waals surface area contributed by atoms with Crippen LogP contribution >= 0.6 is 0 Å². The average molecular weight is 256 g/mol. The Balaban J connectivity index is 2.29. The Morgan fingerprint density at radius 2 is 1.58 bits per heavy atom. The van der Waals surface area contributed by atoms with Gasteiger partial charge in [-0.25, -0.2) is 0 Å². The molecule has 104 valence electrons. The largest absolute Gasteiger partial charge is 0.0690 e. The molecule has 0 N–H and O–H groups in total. The van der Waals surface area contributed by atoms with E-state index in [9.17, 15) is 0 Å². The minimum Gasteiger partial charge on any atom is -0.0690 e. The molecule has 1 aliphatic rings. The lowest BCUT2D eigenvalue weighted by atomic mass is 9.73. The first-order valence-electron chi connectivity index (χ1n) is 7.49. The number of hydrogen-bond acceptors (Lipinski definition) is 0. The first-order chi connectivity index (χ1) is 8.69. The molecule has 19 heavy (non-hydrogen) atoms. The highest BCUT2D eigenvalue weighted by atomic mass is 14.3. The summed E-state index contributed by atoms with van der Waals surface area (Å²) >= 11 is 0. The van der Waals surface area contributed by atoms with Gasteiger partial charge in [-0.1, -0.05) is 64.5 Å². The van der Waals surface area contributed by atoms with Crippen molar-refractivity contribution in [3.8, 4) is 0 Å². The minimum atomic E-state index is 0.247. The summed E-state index contributed by atoms with van der Waals surface area (Å²) in [6.07, 6.45) is 3.78. The number of benzene rings is 1. The highest BCUT2D eigenvalue weighted by Crippen LogP contribution is 2.42. The van der Waals surface area contributed by atoms with Gasteiger partial charge >= 0.3 is 0 Å². The smallest absolute Gasteiger partial charge is 0.0132 e. The van der Waals surface area contributed by atoms with Gasteiger partial charge in [0.05, 0.1) is 0 Å². The van der Waals surface area contributed by atoms with E-state index in [2.05, 4.69) is 65.8 Å². The van der Waals surface area contributed by atoms with E-state index in [0.29, 0.717) is 5.41 Å². The van der Waals surface area contributed by atoms with Gasteiger partial charge in [0.1, 0.15) is 0 Å². The zero-order chi connectivity index (χ0) is 14.3. The number of allylic oxidation sites excluding steroid dienone is 2. The van der Waals surface area contributed by atoms with E-state index in [1.54, 1.807) is 11.1 Å². The monoisotopic (exact) mass is 256 g/mol. The lowest BCUT2D eigenvalue weighted by molar-refractivity contribution is 0.325. The molecule has 0 radical (unpaired) electrons. The van der Waals surface area contributed by atoms with Gasteiger partial charge in [-0.3, -0.25) is 0 Å². The Bertz CT molecular complexity index is 478. The van der Waals surface area contributed by atoms with Crippen LogP contribution in [-0.4, -0.2) is 0 Å². The highest BCUT2D eigenvalue weighted by Gasteiger charge is 2.25. The molecule has 0 heteroatoms. The van der Waals surface area contributed by atoms with Crippen molar-refractivity contribution in [2.75, 3.05) is 0 Å². The predicted molar refractivity (Wildman–Crippen MR) is 85.4 cm³/mol. The molecule has 0 saturated heterocycles. The molecule has 0 aliphatic heterocycles. The third-order valence-corrected chi connectivity index (χ3v) is 4.41. The zero-order valence-corrected chi connectivity index (χ0v) is 13.4. The number of hydrogen-bond donors (Lipinski definition) is 0.